The summed E-state index contributed by atoms with van der Waals surface area (Å²) in [5, 5.41) is 0. The number of rotatable bonds is 6. The van der Waals surface area contributed by atoms with Crippen LogP contribution >= 0.6 is 23.2 Å². The molecule has 0 saturated heterocycles. The van der Waals surface area contributed by atoms with Gasteiger partial charge in [-0.2, -0.15) is 0 Å². The van der Waals surface area contributed by atoms with Crippen molar-refractivity contribution in [2.24, 2.45) is 5.73 Å². The van der Waals surface area contributed by atoms with Crippen LogP contribution < -0.4 is 5.73 Å². The van der Waals surface area contributed by atoms with Crippen molar-refractivity contribution in [3.8, 4) is 0 Å². The van der Waals surface area contributed by atoms with E-state index in [2.05, 4.69) is 4.90 Å². The van der Waals surface area contributed by atoms with Crippen LogP contribution in [0.3, 0.4) is 0 Å². The smallest absolute Gasteiger partial charge is 0.0351 e. The van der Waals surface area contributed by atoms with Crippen LogP contribution in [0.5, 0.6) is 0 Å². The van der Waals surface area contributed by atoms with E-state index in [0.717, 1.165) is 19.6 Å². The first-order valence-corrected chi connectivity index (χ1v) is 4.87. The highest BCUT2D eigenvalue weighted by molar-refractivity contribution is 6.18. The molecule has 0 aromatic rings. The van der Waals surface area contributed by atoms with Crippen molar-refractivity contribution in [3.05, 3.63) is 0 Å². The Hall–Kier alpha value is 0.500. The van der Waals surface area contributed by atoms with E-state index in [1.54, 1.807) is 0 Å². The zero-order valence-corrected chi connectivity index (χ0v) is 8.41. The lowest BCUT2D eigenvalue weighted by Crippen LogP contribution is -2.37. The van der Waals surface area contributed by atoms with E-state index in [1.807, 2.05) is 6.92 Å². The molecule has 0 spiro atoms. The summed E-state index contributed by atoms with van der Waals surface area (Å²) >= 11 is 11.2. The molecule has 0 aliphatic rings. The van der Waals surface area contributed by atoms with Gasteiger partial charge in [0.2, 0.25) is 0 Å². The molecule has 4 heteroatoms. The zero-order valence-electron chi connectivity index (χ0n) is 6.89. The molecule has 0 saturated carbocycles. The highest BCUT2D eigenvalue weighted by atomic mass is 35.5. The third-order valence-electron chi connectivity index (χ3n) is 1.35. The second-order valence-corrected chi connectivity index (χ2v) is 3.41. The first kappa shape index (κ1) is 11.5. The Balaban J connectivity index is 3.50. The minimum absolute atomic E-state index is 0.196. The molecule has 2 nitrogen and oxygen atoms in total. The maximum absolute atomic E-state index is 5.63. The van der Waals surface area contributed by atoms with E-state index >= 15 is 0 Å². The van der Waals surface area contributed by atoms with Crippen LogP contribution in [0.25, 0.3) is 0 Å². The monoisotopic (exact) mass is 198 g/mol. The van der Waals surface area contributed by atoms with Gasteiger partial charge in [0.05, 0.1) is 0 Å². The van der Waals surface area contributed by atoms with Crippen LogP contribution in [0.1, 0.15) is 6.92 Å². The van der Waals surface area contributed by atoms with Gasteiger partial charge in [-0.3, -0.25) is 4.90 Å². The molecule has 0 aliphatic heterocycles. The van der Waals surface area contributed by atoms with Crippen molar-refractivity contribution >= 4 is 23.2 Å². The minimum Gasteiger partial charge on any atom is -0.327 e. The molecule has 0 aliphatic carbocycles. The van der Waals surface area contributed by atoms with Gasteiger partial charge >= 0.3 is 0 Å². The summed E-state index contributed by atoms with van der Waals surface area (Å²) in [6, 6.07) is 0.196. The predicted octanol–water partition coefficient (Wildman–Crippen LogP) is 1.11. The quantitative estimate of drug-likeness (QED) is 0.649. The van der Waals surface area contributed by atoms with E-state index in [4.69, 9.17) is 28.9 Å². The second-order valence-electron chi connectivity index (χ2n) is 2.66. The van der Waals surface area contributed by atoms with E-state index in [9.17, 15) is 0 Å². The Morgan fingerprint density at radius 2 is 1.73 bits per heavy atom. The molecule has 0 bridgehead atoms. The largest absolute Gasteiger partial charge is 0.327 e. The Labute approximate surface area is 78.6 Å². The standard InChI is InChI=1S/C7H16Cl2N2/c1-7(10)6-11(4-2-8)5-3-9/h7H,2-6,10H2,1H3/t7-/m1/s1. The molecule has 0 fully saturated rings. The minimum atomic E-state index is 0.196. The van der Waals surface area contributed by atoms with Crippen LogP contribution in [0.2, 0.25) is 0 Å². The van der Waals surface area contributed by atoms with Gasteiger partial charge in [0.1, 0.15) is 0 Å². The van der Waals surface area contributed by atoms with Crippen LogP contribution in [0.15, 0.2) is 0 Å². The Bertz CT molecular complexity index is 82.5. The molecule has 11 heavy (non-hydrogen) atoms. The highest BCUT2D eigenvalue weighted by Crippen LogP contribution is 1.93. The summed E-state index contributed by atoms with van der Waals surface area (Å²) in [5.41, 5.74) is 5.63. The molecular formula is C7H16Cl2N2. The SMILES string of the molecule is C[C@@H](N)CN(CCCl)CCCl. The molecule has 0 radical (unpaired) electrons. The highest BCUT2D eigenvalue weighted by Gasteiger charge is 2.04. The summed E-state index contributed by atoms with van der Waals surface area (Å²) < 4.78 is 0. The maximum Gasteiger partial charge on any atom is 0.0351 e. The fourth-order valence-corrected chi connectivity index (χ4v) is 1.42. The van der Waals surface area contributed by atoms with Crippen molar-refractivity contribution in [2.75, 3.05) is 31.4 Å². The molecular weight excluding hydrogens is 183 g/mol. The topological polar surface area (TPSA) is 29.3 Å². The molecule has 1 atom stereocenters. The fraction of sp³-hybridized carbons (Fsp3) is 1.00. The summed E-state index contributed by atoms with van der Waals surface area (Å²) in [7, 11) is 0. The van der Waals surface area contributed by atoms with Crippen molar-refractivity contribution < 1.29 is 0 Å². The van der Waals surface area contributed by atoms with Gasteiger partial charge in [-0.25, -0.2) is 0 Å². The summed E-state index contributed by atoms with van der Waals surface area (Å²) in [6.07, 6.45) is 0. The number of hydrogen-bond donors (Lipinski definition) is 1. The van der Waals surface area contributed by atoms with Gasteiger partial charge in [-0.05, 0) is 6.92 Å². The lowest BCUT2D eigenvalue weighted by molar-refractivity contribution is 0.292. The van der Waals surface area contributed by atoms with Gasteiger partial charge in [0.25, 0.3) is 0 Å². The van der Waals surface area contributed by atoms with Gasteiger partial charge in [0, 0.05) is 37.4 Å². The summed E-state index contributed by atoms with van der Waals surface area (Å²) in [6.45, 7) is 4.60. The van der Waals surface area contributed by atoms with Gasteiger partial charge in [-0.1, -0.05) is 0 Å². The lowest BCUT2D eigenvalue weighted by Gasteiger charge is -2.21. The second kappa shape index (κ2) is 7.17. The molecule has 0 aromatic heterocycles. The van der Waals surface area contributed by atoms with Gasteiger partial charge in [-0.15, -0.1) is 23.2 Å². The van der Waals surface area contributed by atoms with E-state index in [0.29, 0.717) is 11.8 Å². The fourth-order valence-electron chi connectivity index (χ4n) is 0.941. The maximum atomic E-state index is 5.63. The molecule has 0 heterocycles. The van der Waals surface area contributed by atoms with E-state index in [1.165, 1.54) is 0 Å². The normalized spacial score (nSPS) is 13.9. The Morgan fingerprint density at radius 3 is 2.00 bits per heavy atom. The van der Waals surface area contributed by atoms with Crippen molar-refractivity contribution in [2.45, 2.75) is 13.0 Å². The number of nitrogens with zero attached hydrogens (tertiary/aromatic N) is 1. The first-order valence-electron chi connectivity index (χ1n) is 3.80. The summed E-state index contributed by atoms with van der Waals surface area (Å²) in [5.74, 6) is 1.28. The van der Waals surface area contributed by atoms with Crippen LogP contribution in [-0.2, 0) is 0 Å². The number of hydrogen-bond acceptors (Lipinski definition) is 2. The number of halogens is 2. The van der Waals surface area contributed by atoms with Crippen LogP contribution in [-0.4, -0.2) is 42.3 Å². The Morgan fingerprint density at radius 1 is 1.27 bits per heavy atom. The van der Waals surface area contributed by atoms with Crippen molar-refractivity contribution in [1.82, 2.24) is 4.90 Å². The first-order chi connectivity index (χ1) is 5.20. The van der Waals surface area contributed by atoms with Gasteiger partial charge < -0.3 is 5.73 Å². The van der Waals surface area contributed by atoms with E-state index < -0.39 is 0 Å². The predicted molar refractivity (Wildman–Crippen MR) is 51.5 cm³/mol. The average Bonchev–Trinajstić information content (AvgIpc) is 1.87. The summed E-state index contributed by atoms with van der Waals surface area (Å²) in [4.78, 5) is 2.17. The third-order valence-corrected chi connectivity index (χ3v) is 1.69. The number of alkyl halides is 2. The molecule has 68 valence electrons. The van der Waals surface area contributed by atoms with Crippen molar-refractivity contribution in [1.29, 1.82) is 0 Å². The van der Waals surface area contributed by atoms with Crippen LogP contribution in [0.4, 0.5) is 0 Å². The molecule has 2 N–H and O–H groups in total. The average molecular weight is 199 g/mol. The molecule has 0 rings (SSSR count). The zero-order chi connectivity index (χ0) is 8.69. The molecule has 0 unspecified atom stereocenters. The van der Waals surface area contributed by atoms with E-state index in [-0.39, 0.29) is 6.04 Å². The number of nitrogens with two attached hydrogens (primary N) is 1. The Kier molecular flexibility index (Phi) is 7.49. The molecule has 0 aromatic carbocycles. The van der Waals surface area contributed by atoms with Gasteiger partial charge in [0.15, 0.2) is 0 Å². The van der Waals surface area contributed by atoms with Crippen LogP contribution in [0, 0.1) is 0 Å². The molecule has 0 amide bonds. The third kappa shape index (κ3) is 6.88. The lowest BCUT2D eigenvalue weighted by atomic mass is 10.3. The van der Waals surface area contributed by atoms with Crippen molar-refractivity contribution in [3.63, 3.8) is 0 Å².